The van der Waals surface area contributed by atoms with E-state index in [1.165, 1.54) is 12.1 Å². The summed E-state index contributed by atoms with van der Waals surface area (Å²) in [4.78, 5) is 14.2. The summed E-state index contributed by atoms with van der Waals surface area (Å²) in [5.74, 6) is 0. The van der Waals surface area contributed by atoms with Gasteiger partial charge < -0.3 is 0 Å². The van der Waals surface area contributed by atoms with E-state index in [4.69, 9.17) is 0 Å². The molecule has 98 valence electrons. The molecule has 0 aliphatic carbocycles. The van der Waals surface area contributed by atoms with Gasteiger partial charge in [-0.05, 0) is 30.3 Å². The highest BCUT2D eigenvalue weighted by molar-refractivity contribution is 5.58. The number of rotatable bonds is 3. The molecule has 2 heterocycles. The number of hydrogen-bond donors (Lipinski definition) is 0. The van der Waals surface area contributed by atoms with Crippen molar-refractivity contribution in [1.82, 2.24) is 14.8 Å². The fourth-order valence-electron chi connectivity index (χ4n) is 1.87. The lowest BCUT2D eigenvalue weighted by atomic mass is 10.2. The summed E-state index contributed by atoms with van der Waals surface area (Å²) in [5, 5.41) is 15.1. The first-order valence-corrected chi connectivity index (χ1v) is 5.95. The van der Waals surface area contributed by atoms with E-state index in [0.29, 0.717) is 0 Å². The summed E-state index contributed by atoms with van der Waals surface area (Å²) < 4.78 is 1.68. The lowest BCUT2D eigenvalue weighted by Crippen LogP contribution is -1.95. The van der Waals surface area contributed by atoms with Gasteiger partial charge in [0.15, 0.2) is 0 Å². The van der Waals surface area contributed by atoms with E-state index in [1.54, 1.807) is 29.2 Å². The van der Waals surface area contributed by atoms with Crippen LogP contribution in [0.3, 0.4) is 0 Å². The zero-order valence-corrected chi connectivity index (χ0v) is 10.4. The minimum Gasteiger partial charge on any atom is -0.265 e. The maximum absolute atomic E-state index is 10.6. The molecule has 0 spiro atoms. The zero-order chi connectivity index (χ0) is 13.9. The molecule has 0 atom stereocenters. The van der Waals surface area contributed by atoms with Gasteiger partial charge in [-0.15, -0.1) is 0 Å². The zero-order valence-electron chi connectivity index (χ0n) is 10.4. The highest BCUT2D eigenvalue weighted by atomic mass is 16.6. The minimum atomic E-state index is -0.421. The fourth-order valence-corrected chi connectivity index (χ4v) is 1.87. The summed E-state index contributed by atoms with van der Waals surface area (Å²) in [6.45, 7) is 0. The molecule has 0 radical (unpaired) electrons. The van der Waals surface area contributed by atoms with E-state index in [2.05, 4.69) is 10.1 Å². The molecule has 0 bridgehead atoms. The molecule has 2 aromatic heterocycles. The van der Waals surface area contributed by atoms with Crippen LogP contribution in [0.1, 0.15) is 0 Å². The summed E-state index contributed by atoms with van der Waals surface area (Å²) in [6, 6.07) is 11.9. The van der Waals surface area contributed by atoms with Crippen LogP contribution in [0.5, 0.6) is 0 Å². The Morgan fingerprint density at radius 1 is 1.00 bits per heavy atom. The highest BCUT2D eigenvalue weighted by Crippen LogP contribution is 2.19. The molecule has 6 nitrogen and oxygen atoms in total. The van der Waals surface area contributed by atoms with E-state index in [9.17, 15) is 10.1 Å². The van der Waals surface area contributed by atoms with Crippen LogP contribution < -0.4 is 0 Å². The third-order valence-corrected chi connectivity index (χ3v) is 2.89. The molecule has 6 heteroatoms. The first kappa shape index (κ1) is 12.0. The molecule has 0 unspecified atom stereocenters. The lowest BCUT2D eigenvalue weighted by molar-refractivity contribution is -0.384. The molecular formula is C14H10N4O2. The number of pyridine rings is 1. The van der Waals surface area contributed by atoms with Crippen LogP contribution in [-0.4, -0.2) is 19.7 Å². The Hall–Kier alpha value is -3.02. The van der Waals surface area contributed by atoms with Gasteiger partial charge in [-0.25, -0.2) is 4.68 Å². The normalized spacial score (nSPS) is 10.4. The van der Waals surface area contributed by atoms with E-state index >= 15 is 0 Å². The van der Waals surface area contributed by atoms with Crippen molar-refractivity contribution in [3.63, 3.8) is 0 Å². The SMILES string of the molecule is O=[N+]([O-])c1ccc(-n2ccc(-c3ccncc3)n2)cc1. The average molecular weight is 266 g/mol. The molecule has 0 N–H and O–H groups in total. The van der Waals surface area contributed by atoms with Crippen molar-refractivity contribution in [2.45, 2.75) is 0 Å². The van der Waals surface area contributed by atoms with Crippen LogP contribution in [0.2, 0.25) is 0 Å². The van der Waals surface area contributed by atoms with Crippen LogP contribution >= 0.6 is 0 Å². The topological polar surface area (TPSA) is 73.8 Å². The first-order chi connectivity index (χ1) is 9.74. The second-order valence-electron chi connectivity index (χ2n) is 4.15. The number of aromatic nitrogens is 3. The van der Waals surface area contributed by atoms with Gasteiger partial charge in [-0.3, -0.25) is 15.1 Å². The third-order valence-electron chi connectivity index (χ3n) is 2.89. The van der Waals surface area contributed by atoms with Crippen molar-refractivity contribution in [3.8, 4) is 16.9 Å². The molecule has 1 aromatic carbocycles. The van der Waals surface area contributed by atoms with Gasteiger partial charge in [-0.2, -0.15) is 5.10 Å². The summed E-state index contributed by atoms with van der Waals surface area (Å²) >= 11 is 0. The van der Waals surface area contributed by atoms with Crippen molar-refractivity contribution < 1.29 is 4.92 Å². The number of nitrogens with zero attached hydrogens (tertiary/aromatic N) is 4. The summed E-state index contributed by atoms with van der Waals surface area (Å²) in [5.41, 5.74) is 2.64. The van der Waals surface area contributed by atoms with Crippen LogP contribution in [-0.2, 0) is 0 Å². The molecule has 3 aromatic rings. The first-order valence-electron chi connectivity index (χ1n) is 5.95. The van der Waals surface area contributed by atoms with E-state index in [1.807, 2.05) is 24.4 Å². The van der Waals surface area contributed by atoms with Gasteiger partial charge >= 0.3 is 0 Å². The third kappa shape index (κ3) is 2.26. The van der Waals surface area contributed by atoms with E-state index < -0.39 is 4.92 Å². The van der Waals surface area contributed by atoms with E-state index in [-0.39, 0.29) is 5.69 Å². The fraction of sp³-hybridized carbons (Fsp3) is 0. The van der Waals surface area contributed by atoms with Crippen molar-refractivity contribution in [2.24, 2.45) is 0 Å². The van der Waals surface area contributed by atoms with Crippen LogP contribution in [0.15, 0.2) is 61.1 Å². The molecule has 0 fully saturated rings. The number of benzene rings is 1. The van der Waals surface area contributed by atoms with Crippen LogP contribution in [0, 0.1) is 10.1 Å². The Kier molecular flexibility index (Phi) is 2.96. The number of nitro groups is 1. The highest BCUT2D eigenvalue weighted by Gasteiger charge is 2.07. The van der Waals surface area contributed by atoms with Crippen molar-refractivity contribution in [2.75, 3.05) is 0 Å². The number of nitro benzene ring substituents is 1. The van der Waals surface area contributed by atoms with Crippen molar-refractivity contribution in [1.29, 1.82) is 0 Å². The van der Waals surface area contributed by atoms with Gasteiger partial charge in [0.1, 0.15) is 0 Å². The number of non-ortho nitro benzene ring substituents is 1. The van der Waals surface area contributed by atoms with E-state index in [0.717, 1.165) is 16.9 Å². The van der Waals surface area contributed by atoms with Gasteiger partial charge in [0.2, 0.25) is 0 Å². The molecular weight excluding hydrogens is 256 g/mol. The molecule has 3 rings (SSSR count). The molecule has 0 aliphatic heterocycles. The largest absolute Gasteiger partial charge is 0.269 e. The Balaban J connectivity index is 1.92. The maximum atomic E-state index is 10.6. The Labute approximate surface area is 114 Å². The lowest BCUT2D eigenvalue weighted by Gasteiger charge is -2.00. The predicted octanol–water partition coefficient (Wildman–Crippen LogP) is 2.84. The van der Waals surface area contributed by atoms with Gasteiger partial charge in [-0.1, -0.05) is 0 Å². The van der Waals surface area contributed by atoms with Gasteiger partial charge in [0, 0.05) is 36.3 Å². The smallest absolute Gasteiger partial charge is 0.265 e. The van der Waals surface area contributed by atoms with Crippen molar-refractivity contribution in [3.05, 3.63) is 71.2 Å². The minimum absolute atomic E-state index is 0.0651. The van der Waals surface area contributed by atoms with Crippen LogP contribution in [0.25, 0.3) is 16.9 Å². The van der Waals surface area contributed by atoms with Gasteiger partial charge in [0.05, 0.1) is 16.3 Å². The maximum Gasteiger partial charge on any atom is 0.269 e. The monoisotopic (exact) mass is 266 g/mol. The Bertz CT molecular complexity index is 735. The summed E-state index contributed by atoms with van der Waals surface area (Å²) in [6.07, 6.45) is 5.23. The predicted molar refractivity (Wildman–Crippen MR) is 73.4 cm³/mol. The quantitative estimate of drug-likeness (QED) is 0.539. The number of hydrogen-bond acceptors (Lipinski definition) is 4. The molecule has 0 amide bonds. The molecule has 0 saturated carbocycles. The standard InChI is InChI=1S/C14H10N4O2/c19-18(20)13-3-1-12(2-4-13)17-10-7-14(16-17)11-5-8-15-9-6-11/h1-10H. The Morgan fingerprint density at radius 2 is 1.70 bits per heavy atom. The molecule has 0 saturated heterocycles. The molecule has 20 heavy (non-hydrogen) atoms. The van der Waals surface area contributed by atoms with Gasteiger partial charge in [0.25, 0.3) is 5.69 Å². The Morgan fingerprint density at radius 3 is 2.35 bits per heavy atom. The summed E-state index contributed by atoms with van der Waals surface area (Å²) in [7, 11) is 0. The second-order valence-corrected chi connectivity index (χ2v) is 4.15. The molecule has 0 aliphatic rings. The van der Waals surface area contributed by atoms with Crippen LogP contribution in [0.4, 0.5) is 5.69 Å². The van der Waals surface area contributed by atoms with Crippen molar-refractivity contribution >= 4 is 5.69 Å². The average Bonchev–Trinajstić information content (AvgIpc) is 2.98. The second kappa shape index (κ2) is 4.93.